The van der Waals surface area contributed by atoms with Crippen molar-refractivity contribution in [1.29, 1.82) is 0 Å². The molecule has 3 nitrogen and oxygen atoms in total. The molecular formula is C15H30NO2+. The van der Waals surface area contributed by atoms with Gasteiger partial charge in [-0.05, 0) is 39.0 Å². The van der Waals surface area contributed by atoms with Crippen LogP contribution in [-0.2, 0) is 9.53 Å². The van der Waals surface area contributed by atoms with E-state index in [0.717, 1.165) is 18.5 Å². The normalized spacial score (nSPS) is 23.2. The molecule has 0 bridgehead atoms. The maximum absolute atomic E-state index is 11.2. The Morgan fingerprint density at radius 3 is 2.39 bits per heavy atom. The van der Waals surface area contributed by atoms with Crippen molar-refractivity contribution in [3.63, 3.8) is 0 Å². The summed E-state index contributed by atoms with van der Waals surface area (Å²) in [5, 5.41) is 2.58. The lowest BCUT2D eigenvalue weighted by Gasteiger charge is -2.10. The van der Waals surface area contributed by atoms with Gasteiger partial charge < -0.3 is 10.1 Å². The largest absolute Gasteiger partial charge is 0.466 e. The van der Waals surface area contributed by atoms with Crippen LogP contribution in [0, 0.1) is 0 Å². The SMILES string of the molecule is CCCC[C@@H]1CC[C@H](CCCCC(=O)OCC)[NH2+]1. The van der Waals surface area contributed by atoms with Crippen molar-refractivity contribution in [2.75, 3.05) is 6.61 Å². The number of rotatable bonds is 9. The highest BCUT2D eigenvalue weighted by Crippen LogP contribution is 2.14. The number of carbonyl (C=O) groups is 1. The molecule has 0 aliphatic carbocycles. The monoisotopic (exact) mass is 256 g/mol. The van der Waals surface area contributed by atoms with E-state index in [9.17, 15) is 4.79 Å². The summed E-state index contributed by atoms with van der Waals surface area (Å²) in [4.78, 5) is 11.2. The minimum atomic E-state index is -0.0336. The lowest BCUT2D eigenvalue weighted by molar-refractivity contribution is -0.702. The van der Waals surface area contributed by atoms with Crippen LogP contribution >= 0.6 is 0 Å². The second-order valence-electron chi connectivity index (χ2n) is 5.48. The molecule has 0 amide bonds. The molecule has 1 saturated heterocycles. The fraction of sp³-hybridized carbons (Fsp3) is 0.933. The van der Waals surface area contributed by atoms with Crippen molar-refractivity contribution in [2.24, 2.45) is 0 Å². The summed E-state index contributed by atoms with van der Waals surface area (Å²) in [6.07, 6.45) is 10.8. The Labute approximate surface area is 112 Å². The van der Waals surface area contributed by atoms with Gasteiger partial charge in [0.2, 0.25) is 0 Å². The summed E-state index contributed by atoms with van der Waals surface area (Å²) in [6, 6.07) is 1.69. The zero-order chi connectivity index (χ0) is 13.2. The van der Waals surface area contributed by atoms with Gasteiger partial charge in [-0.25, -0.2) is 0 Å². The van der Waals surface area contributed by atoms with Crippen LogP contribution in [0.2, 0.25) is 0 Å². The molecule has 1 aliphatic heterocycles. The molecule has 1 heterocycles. The van der Waals surface area contributed by atoms with Gasteiger partial charge in [-0.1, -0.05) is 13.3 Å². The molecule has 18 heavy (non-hydrogen) atoms. The van der Waals surface area contributed by atoms with E-state index in [1.54, 1.807) is 0 Å². The average Bonchev–Trinajstić information content (AvgIpc) is 2.80. The van der Waals surface area contributed by atoms with Crippen LogP contribution < -0.4 is 5.32 Å². The summed E-state index contributed by atoms with van der Waals surface area (Å²) in [7, 11) is 0. The van der Waals surface area contributed by atoms with Crippen LogP contribution in [0.5, 0.6) is 0 Å². The summed E-state index contributed by atoms with van der Waals surface area (Å²) >= 11 is 0. The van der Waals surface area contributed by atoms with Crippen LogP contribution in [0.4, 0.5) is 0 Å². The van der Waals surface area contributed by atoms with Gasteiger partial charge in [0, 0.05) is 19.3 Å². The maximum atomic E-state index is 11.2. The third-order valence-electron chi connectivity index (χ3n) is 3.89. The van der Waals surface area contributed by atoms with E-state index in [1.807, 2.05) is 6.92 Å². The summed E-state index contributed by atoms with van der Waals surface area (Å²) in [6.45, 7) is 4.64. The Kier molecular flexibility index (Phi) is 8.06. The molecule has 0 unspecified atom stereocenters. The van der Waals surface area contributed by atoms with Crippen LogP contribution in [-0.4, -0.2) is 24.7 Å². The molecule has 0 aromatic rings. The first-order valence-corrected chi connectivity index (χ1v) is 7.76. The zero-order valence-corrected chi connectivity index (χ0v) is 12.1. The molecule has 2 atom stereocenters. The van der Waals surface area contributed by atoms with Crippen molar-refractivity contribution in [2.45, 2.75) is 83.7 Å². The predicted molar refractivity (Wildman–Crippen MR) is 73.4 cm³/mol. The van der Waals surface area contributed by atoms with Gasteiger partial charge in [0.15, 0.2) is 0 Å². The van der Waals surface area contributed by atoms with Crippen molar-refractivity contribution < 1.29 is 14.8 Å². The highest BCUT2D eigenvalue weighted by Gasteiger charge is 2.26. The molecular weight excluding hydrogens is 226 g/mol. The minimum Gasteiger partial charge on any atom is -0.466 e. The van der Waals surface area contributed by atoms with Crippen molar-refractivity contribution in [1.82, 2.24) is 0 Å². The Hall–Kier alpha value is -0.570. The van der Waals surface area contributed by atoms with Gasteiger partial charge >= 0.3 is 5.97 Å². The standard InChI is InChI=1S/C15H29NO2/c1-3-5-8-13-11-12-14(16-13)9-6-7-10-15(17)18-4-2/h13-14,16H,3-12H2,1-2H3/p+1/t13-,14+/m1/s1. The first-order valence-electron chi connectivity index (χ1n) is 7.76. The number of hydrogen-bond acceptors (Lipinski definition) is 2. The molecule has 0 saturated carbocycles. The fourth-order valence-electron chi connectivity index (χ4n) is 2.86. The highest BCUT2D eigenvalue weighted by molar-refractivity contribution is 5.69. The van der Waals surface area contributed by atoms with Crippen molar-refractivity contribution in [3.05, 3.63) is 0 Å². The smallest absolute Gasteiger partial charge is 0.305 e. The minimum absolute atomic E-state index is 0.0336. The van der Waals surface area contributed by atoms with Crippen molar-refractivity contribution in [3.8, 4) is 0 Å². The molecule has 0 radical (unpaired) electrons. The number of quaternary nitrogens is 1. The van der Waals surface area contributed by atoms with Gasteiger partial charge in [0.05, 0.1) is 18.7 Å². The van der Waals surface area contributed by atoms with E-state index in [2.05, 4.69) is 12.2 Å². The highest BCUT2D eigenvalue weighted by atomic mass is 16.5. The average molecular weight is 256 g/mol. The van der Waals surface area contributed by atoms with Crippen molar-refractivity contribution >= 4 is 5.97 Å². The van der Waals surface area contributed by atoms with Gasteiger partial charge in [0.25, 0.3) is 0 Å². The molecule has 1 aliphatic rings. The number of nitrogens with two attached hydrogens (primary N) is 1. The van der Waals surface area contributed by atoms with E-state index in [1.165, 1.54) is 44.9 Å². The number of hydrogen-bond donors (Lipinski definition) is 1. The van der Waals surface area contributed by atoms with Gasteiger partial charge in [-0.15, -0.1) is 0 Å². The third-order valence-corrected chi connectivity index (χ3v) is 3.89. The van der Waals surface area contributed by atoms with Crippen LogP contribution in [0.3, 0.4) is 0 Å². The van der Waals surface area contributed by atoms with Gasteiger partial charge in [0.1, 0.15) is 0 Å². The predicted octanol–water partition coefficient (Wildman–Crippen LogP) is 2.39. The Morgan fingerprint density at radius 1 is 1.11 bits per heavy atom. The lowest BCUT2D eigenvalue weighted by Crippen LogP contribution is -2.91. The van der Waals surface area contributed by atoms with Crippen LogP contribution in [0.1, 0.15) is 71.6 Å². The van der Waals surface area contributed by atoms with Gasteiger partial charge in [-0.2, -0.15) is 0 Å². The second kappa shape index (κ2) is 9.37. The first-order chi connectivity index (χ1) is 8.76. The van der Waals surface area contributed by atoms with E-state index >= 15 is 0 Å². The van der Waals surface area contributed by atoms with Crippen LogP contribution in [0.15, 0.2) is 0 Å². The summed E-state index contributed by atoms with van der Waals surface area (Å²) in [5.41, 5.74) is 0. The number of unbranched alkanes of at least 4 members (excludes halogenated alkanes) is 2. The molecule has 3 heteroatoms. The quantitative estimate of drug-likeness (QED) is 0.508. The van der Waals surface area contributed by atoms with E-state index in [-0.39, 0.29) is 5.97 Å². The molecule has 0 aromatic carbocycles. The Bertz CT molecular complexity index is 231. The van der Waals surface area contributed by atoms with Crippen LogP contribution in [0.25, 0.3) is 0 Å². The molecule has 2 N–H and O–H groups in total. The molecule has 1 fully saturated rings. The van der Waals surface area contributed by atoms with E-state index < -0.39 is 0 Å². The van der Waals surface area contributed by atoms with E-state index in [4.69, 9.17) is 4.74 Å². The molecule has 0 aromatic heterocycles. The number of esters is 1. The molecule has 1 rings (SSSR count). The summed E-state index contributed by atoms with van der Waals surface area (Å²) in [5.74, 6) is -0.0336. The molecule has 0 spiro atoms. The summed E-state index contributed by atoms with van der Waals surface area (Å²) < 4.78 is 4.93. The molecule has 106 valence electrons. The zero-order valence-electron chi connectivity index (χ0n) is 12.1. The third kappa shape index (κ3) is 6.39. The Morgan fingerprint density at radius 2 is 1.78 bits per heavy atom. The fourth-order valence-corrected chi connectivity index (χ4v) is 2.86. The first kappa shape index (κ1) is 15.5. The lowest BCUT2D eigenvalue weighted by atomic mass is 10.1. The topological polar surface area (TPSA) is 42.9 Å². The van der Waals surface area contributed by atoms with Gasteiger partial charge in [-0.3, -0.25) is 4.79 Å². The second-order valence-corrected chi connectivity index (χ2v) is 5.48. The Balaban J connectivity index is 1.98. The number of ether oxygens (including phenoxy) is 1. The number of carbonyl (C=O) groups excluding carboxylic acids is 1. The van der Waals surface area contributed by atoms with E-state index in [0.29, 0.717) is 13.0 Å². The maximum Gasteiger partial charge on any atom is 0.305 e.